The molecule has 1 aliphatic rings. The van der Waals surface area contributed by atoms with E-state index in [4.69, 9.17) is 44.5 Å². The lowest BCUT2D eigenvalue weighted by molar-refractivity contribution is 0.105. The van der Waals surface area contributed by atoms with Crippen LogP contribution in [0.25, 0.3) is 17.1 Å². The molecule has 1 fully saturated rings. The topological polar surface area (TPSA) is 67.7 Å². The molecule has 0 N–H and O–H groups in total. The minimum absolute atomic E-state index is 0.267. The van der Waals surface area contributed by atoms with Gasteiger partial charge in [-0.2, -0.15) is 0 Å². The number of halogens is 3. The number of ether oxygens (including phenoxy) is 1. The number of anilines is 1. The average molecular weight is 508 g/mol. The predicted octanol–water partition coefficient (Wildman–Crippen LogP) is 5.14. The largest absolute Gasteiger partial charge is 0.450 e. The van der Waals surface area contributed by atoms with Crippen LogP contribution in [-0.2, 0) is 4.74 Å². The lowest BCUT2D eigenvalue weighted by Gasteiger charge is -2.35. The van der Waals surface area contributed by atoms with Crippen LogP contribution >= 0.6 is 34.8 Å². The molecule has 1 aromatic heterocycles. The van der Waals surface area contributed by atoms with Crippen molar-refractivity contribution in [1.29, 1.82) is 0 Å². The van der Waals surface area contributed by atoms with Crippen molar-refractivity contribution in [3.8, 4) is 17.1 Å². The monoisotopic (exact) mass is 506 g/mol. The van der Waals surface area contributed by atoms with Crippen LogP contribution in [0, 0.1) is 0 Å². The number of benzene rings is 2. The highest BCUT2D eigenvalue weighted by molar-refractivity contribution is 6.36. The zero-order chi connectivity index (χ0) is 23.5. The molecule has 2 heterocycles. The molecule has 0 atom stereocenters. The molecule has 0 spiro atoms. The molecule has 0 aliphatic carbocycles. The smallest absolute Gasteiger partial charge is 0.409 e. The fraction of sp³-hybridized carbons (Fsp3) is 0.261. The highest BCUT2D eigenvalue weighted by Gasteiger charge is 2.24. The van der Waals surface area contributed by atoms with Gasteiger partial charge in [0.25, 0.3) is 5.56 Å². The van der Waals surface area contributed by atoms with Gasteiger partial charge in [-0.25, -0.2) is 9.78 Å². The van der Waals surface area contributed by atoms with Crippen LogP contribution in [0.1, 0.15) is 6.92 Å². The van der Waals surface area contributed by atoms with E-state index >= 15 is 0 Å². The second kappa shape index (κ2) is 10.0. The Bertz CT molecular complexity index is 1220. The SMILES string of the molecule is CCOC(=O)N1CCN(c2cc(=O)n(-c3ccc(Cl)cc3)c(-c3ccc(Cl)cc3Cl)n2)CC1. The second-order valence-electron chi connectivity index (χ2n) is 7.39. The summed E-state index contributed by atoms with van der Waals surface area (Å²) in [6.07, 6.45) is -0.336. The molecular formula is C23H21Cl3N4O3. The molecule has 2 aromatic carbocycles. The second-order valence-corrected chi connectivity index (χ2v) is 8.67. The summed E-state index contributed by atoms with van der Waals surface area (Å²) < 4.78 is 6.57. The molecule has 172 valence electrons. The summed E-state index contributed by atoms with van der Waals surface area (Å²) in [6, 6.07) is 13.4. The van der Waals surface area contributed by atoms with Gasteiger partial charge in [-0.1, -0.05) is 34.8 Å². The Labute approximate surface area is 206 Å². The van der Waals surface area contributed by atoms with Crippen LogP contribution in [0.15, 0.2) is 53.3 Å². The highest BCUT2D eigenvalue weighted by atomic mass is 35.5. The summed E-state index contributed by atoms with van der Waals surface area (Å²) in [6.45, 7) is 4.08. The molecule has 10 heteroatoms. The molecule has 0 bridgehead atoms. The summed E-state index contributed by atoms with van der Waals surface area (Å²) in [4.78, 5) is 33.7. The number of carbonyl (C=O) groups is 1. The number of nitrogens with zero attached hydrogens (tertiary/aromatic N) is 4. The molecule has 1 aliphatic heterocycles. The maximum absolute atomic E-state index is 13.3. The molecule has 0 saturated carbocycles. The number of amides is 1. The van der Waals surface area contributed by atoms with E-state index in [9.17, 15) is 9.59 Å². The van der Waals surface area contributed by atoms with Crippen molar-refractivity contribution in [1.82, 2.24) is 14.5 Å². The fourth-order valence-electron chi connectivity index (χ4n) is 3.66. The first-order chi connectivity index (χ1) is 15.9. The number of carbonyl (C=O) groups excluding carboxylic acids is 1. The van der Waals surface area contributed by atoms with Gasteiger partial charge in [-0.15, -0.1) is 0 Å². The standard InChI is InChI=1S/C23H21Cl3N4O3/c1-2-33-23(32)29-11-9-28(10-12-29)20-14-21(31)30(17-6-3-15(24)4-7-17)22(27-20)18-8-5-16(25)13-19(18)26/h3-8,13-14H,2,9-12H2,1H3. The van der Waals surface area contributed by atoms with Gasteiger partial charge in [-0.05, 0) is 49.4 Å². The summed E-state index contributed by atoms with van der Waals surface area (Å²) in [7, 11) is 0. The van der Waals surface area contributed by atoms with Crippen molar-refractivity contribution in [3.05, 3.63) is 74.0 Å². The maximum Gasteiger partial charge on any atom is 0.409 e. The molecule has 33 heavy (non-hydrogen) atoms. The number of aromatic nitrogens is 2. The van der Waals surface area contributed by atoms with Crippen LogP contribution in [0.2, 0.25) is 15.1 Å². The fourth-order valence-corrected chi connectivity index (χ4v) is 4.28. The number of hydrogen-bond acceptors (Lipinski definition) is 5. The van der Waals surface area contributed by atoms with Crippen molar-refractivity contribution >= 4 is 46.7 Å². The zero-order valence-corrected chi connectivity index (χ0v) is 20.1. The van der Waals surface area contributed by atoms with E-state index in [2.05, 4.69) is 0 Å². The van der Waals surface area contributed by atoms with E-state index < -0.39 is 0 Å². The lowest BCUT2D eigenvalue weighted by Crippen LogP contribution is -2.49. The third-order valence-electron chi connectivity index (χ3n) is 5.29. The number of rotatable bonds is 4. The van der Waals surface area contributed by atoms with Gasteiger partial charge >= 0.3 is 6.09 Å². The molecule has 4 rings (SSSR count). The van der Waals surface area contributed by atoms with Gasteiger partial charge in [0.1, 0.15) is 5.82 Å². The highest BCUT2D eigenvalue weighted by Crippen LogP contribution is 2.31. The van der Waals surface area contributed by atoms with Crippen LogP contribution in [0.3, 0.4) is 0 Å². The Morgan fingerprint density at radius 3 is 2.27 bits per heavy atom. The van der Waals surface area contributed by atoms with E-state index in [0.717, 1.165) is 0 Å². The van der Waals surface area contributed by atoms with E-state index in [1.165, 1.54) is 10.6 Å². The van der Waals surface area contributed by atoms with Crippen molar-refractivity contribution in [2.45, 2.75) is 6.92 Å². The third-order valence-corrected chi connectivity index (χ3v) is 6.09. The molecule has 1 amide bonds. The first-order valence-electron chi connectivity index (χ1n) is 10.4. The van der Waals surface area contributed by atoms with Gasteiger partial charge in [0.05, 0.1) is 17.3 Å². The Balaban J connectivity index is 1.75. The Morgan fingerprint density at radius 1 is 0.970 bits per heavy atom. The molecule has 7 nitrogen and oxygen atoms in total. The Kier molecular flexibility index (Phi) is 7.12. The van der Waals surface area contributed by atoms with Gasteiger partial charge in [-0.3, -0.25) is 9.36 Å². The summed E-state index contributed by atoms with van der Waals surface area (Å²) in [5.74, 6) is 0.893. The molecular weight excluding hydrogens is 487 g/mol. The van der Waals surface area contributed by atoms with Gasteiger partial charge in [0.2, 0.25) is 0 Å². The average Bonchev–Trinajstić information content (AvgIpc) is 2.80. The number of hydrogen-bond donors (Lipinski definition) is 0. The van der Waals surface area contributed by atoms with E-state index in [1.807, 2.05) is 4.90 Å². The third kappa shape index (κ3) is 5.11. The Hall–Kier alpha value is -2.74. The first kappa shape index (κ1) is 23.4. The quantitative estimate of drug-likeness (QED) is 0.489. The summed E-state index contributed by atoms with van der Waals surface area (Å²) in [5, 5.41) is 1.42. The maximum atomic E-state index is 13.3. The number of piperazine rings is 1. The molecule has 0 unspecified atom stereocenters. The van der Waals surface area contributed by atoms with Crippen LogP contribution in [0.4, 0.5) is 10.6 Å². The van der Waals surface area contributed by atoms with E-state index in [-0.39, 0.29) is 11.7 Å². The Morgan fingerprint density at radius 2 is 1.64 bits per heavy atom. The lowest BCUT2D eigenvalue weighted by atomic mass is 10.2. The summed E-state index contributed by atoms with van der Waals surface area (Å²) in [5.41, 5.74) is 0.910. The van der Waals surface area contributed by atoms with Crippen LogP contribution in [-0.4, -0.2) is 53.3 Å². The predicted molar refractivity (Wildman–Crippen MR) is 131 cm³/mol. The van der Waals surface area contributed by atoms with Gasteiger partial charge in [0.15, 0.2) is 5.82 Å². The van der Waals surface area contributed by atoms with Gasteiger partial charge in [0, 0.05) is 47.9 Å². The molecule has 0 radical (unpaired) electrons. The normalized spacial score (nSPS) is 13.8. The van der Waals surface area contributed by atoms with Crippen molar-refractivity contribution < 1.29 is 9.53 Å². The minimum Gasteiger partial charge on any atom is -0.450 e. The van der Waals surface area contributed by atoms with Crippen LogP contribution < -0.4 is 10.5 Å². The van der Waals surface area contributed by atoms with E-state index in [1.54, 1.807) is 54.3 Å². The summed E-state index contributed by atoms with van der Waals surface area (Å²) >= 11 is 18.6. The van der Waals surface area contributed by atoms with Crippen molar-refractivity contribution in [2.24, 2.45) is 0 Å². The first-order valence-corrected chi connectivity index (χ1v) is 11.5. The van der Waals surface area contributed by atoms with E-state index in [0.29, 0.717) is 70.7 Å². The molecule has 3 aromatic rings. The zero-order valence-electron chi connectivity index (χ0n) is 17.8. The van der Waals surface area contributed by atoms with Crippen molar-refractivity contribution in [2.75, 3.05) is 37.7 Å². The van der Waals surface area contributed by atoms with Gasteiger partial charge < -0.3 is 14.5 Å². The van der Waals surface area contributed by atoms with Crippen molar-refractivity contribution in [3.63, 3.8) is 0 Å². The minimum atomic E-state index is -0.336. The molecule has 1 saturated heterocycles. The van der Waals surface area contributed by atoms with Crippen LogP contribution in [0.5, 0.6) is 0 Å².